The summed E-state index contributed by atoms with van der Waals surface area (Å²) in [4.78, 5) is 0. The Labute approximate surface area is 84.9 Å². The van der Waals surface area contributed by atoms with E-state index in [2.05, 4.69) is 42.5 Å². The summed E-state index contributed by atoms with van der Waals surface area (Å²) in [7, 11) is 0. The van der Waals surface area contributed by atoms with Gasteiger partial charge in [-0.15, -0.1) is 0 Å². The van der Waals surface area contributed by atoms with E-state index in [1.54, 1.807) is 6.08 Å². The third-order valence-electron chi connectivity index (χ3n) is 2.41. The van der Waals surface area contributed by atoms with E-state index in [0.29, 0.717) is 0 Å². The van der Waals surface area contributed by atoms with Crippen molar-refractivity contribution in [2.75, 3.05) is 0 Å². The quantitative estimate of drug-likeness (QED) is 0.676. The minimum Gasteiger partial charge on any atom is -0.0842 e. The van der Waals surface area contributed by atoms with Crippen molar-refractivity contribution in [3.63, 3.8) is 0 Å². The molecule has 0 bridgehead atoms. The summed E-state index contributed by atoms with van der Waals surface area (Å²) < 4.78 is 0. The Kier molecular flexibility index (Phi) is 2.64. The van der Waals surface area contributed by atoms with Gasteiger partial charge in [0.05, 0.1) is 0 Å². The van der Waals surface area contributed by atoms with Crippen LogP contribution < -0.4 is 0 Å². The number of hydrogen-bond acceptors (Lipinski definition) is 0. The highest BCUT2D eigenvalue weighted by molar-refractivity contribution is 5.82. The molecule has 0 nitrogen and oxygen atoms in total. The lowest BCUT2D eigenvalue weighted by Crippen LogP contribution is -1.83. The van der Waals surface area contributed by atoms with Crippen LogP contribution in [0, 0.1) is 6.58 Å². The third kappa shape index (κ3) is 1.85. The van der Waals surface area contributed by atoms with Gasteiger partial charge in [0.15, 0.2) is 0 Å². The first-order chi connectivity index (χ1) is 6.90. The van der Waals surface area contributed by atoms with Crippen LogP contribution in [-0.2, 0) is 6.42 Å². The van der Waals surface area contributed by atoms with Crippen molar-refractivity contribution in [1.29, 1.82) is 0 Å². The van der Waals surface area contributed by atoms with E-state index in [9.17, 15) is 0 Å². The van der Waals surface area contributed by atoms with Crippen LogP contribution in [0.3, 0.4) is 0 Å². The maximum Gasteiger partial charge on any atom is -0.0181 e. The van der Waals surface area contributed by atoms with E-state index < -0.39 is 0 Å². The molecule has 0 amide bonds. The fourth-order valence-corrected chi connectivity index (χ4v) is 1.64. The van der Waals surface area contributed by atoms with Crippen molar-refractivity contribution < 1.29 is 0 Å². The van der Waals surface area contributed by atoms with E-state index in [0.717, 1.165) is 12.8 Å². The fraction of sp³-hybridized carbons (Fsp3) is 0.143. The SMILES string of the molecule is [CH]=CCCc1ccc2ccccc2c1. The second kappa shape index (κ2) is 4.10. The summed E-state index contributed by atoms with van der Waals surface area (Å²) >= 11 is 0. The number of hydrogen-bond donors (Lipinski definition) is 0. The van der Waals surface area contributed by atoms with Gasteiger partial charge in [0.25, 0.3) is 0 Å². The van der Waals surface area contributed by atoms with Gasteiger partial charge >= 0.3 is 0 Å². The first kappa shape index (κ1) is 9.01. The van der Waals surface area contributed by atoms with Crippen molar-refractivity contribution >= 4 is 10.8 Å². The number of allylic oxidation sites excluding steroid dienone is 1. The molecule has 2 rings (SSSR count). The van der Waals surface area contributed by atoms with Crippen LogP contribution >= 0.6 is 0 Å². The van der Waals surface area contributed by atoms with Gasteiger partial charge in [-0.25, -0.2) is 0 Å². The van der Waals surface area contributed by atoms with Crippen molar-refractivity contribution in [3.8, 4) is 0 Å². The Hall–Kier alpha value is -1.56. The fourth-order valence-electron chi connectivity index (χ4n) is 1.64. The molecule has 69 valence electrons. The molecule has 0 saturated heterocycles. The van der Waals surface area contributed by atoms with Gasteiger partial charge in [-0.2, -0.15) is 0 Å². The average molecular weight is 181 g/mol. The lowest BCUT2D eigenvalue weighted by atomic mass is 10.0. The van der Waals surface area contributed by atoms with Crippen molar-refractivity contribution in [1.82, 2.24) is 0 Å². The highest BCUT2D eigenvalue weighted by Crippen LogP contribution is 2.16. The van der Waals surface area contributed by atoms with E-state index >= 15 is 0 Å². The molecule has 0 heterocycles. The Balaban J connectivity index is 2.36. The molecule has 0 fully saturated rings. The number of fused-ring (bicyclic) bond motifs is 1. The van der Waals surface area contributed by atoms with Gasteiger partial charge in [0.2, 0.25) is 0 Å². The third-order valence-corrected chi connectivity index (χ3v) is 2.41. The largest absolute Gasteiger partial charge is 0.0842 e. The van der Waals surface area contributed by atoms with Gasteiger partial charge in [-0.1, -0.05) is 55.1 Å². The number of benzene rings is 2. The molecule has 0 spiro atoms. The molecule has 1 radical (unpaired) electrons. The molecule has 0 N–H and O–H groups in total. The van der Waals surface area contributed by atoms with E-state index in [1.165, 1.54) is 16.3 Å². The molecular formula is C14H13. The van der Waals surface area contributed by atoms with Gasteiger partial charge in [-0.05, 0) is 29.2 Å². The Morgan fingerprint density at radius 2 is 1.79 bits per heavy atom. The second-order valence-electron chi connectivity index (χ2n) is 3.46. The van der Waals surface area contributed by atoms with Crippen LogP contribution in [0.4, 0.5) is 0 Å². The van der Waals surface area contributed by atoms with Crippen LogP contribution in [0.5, 0.6) is 0 Å². The lowest BCUT2D eigenvalue weighted by molar-refractivity contribution is 1.01. The molecule has 0 atom stereocenters. The molecule has 0 unspecified atom stereocenters. The smallest absolute Gasteiger partial charge is 0.0181 e. The van der Waals surface area contributed by atoms with Gasteiger partial charge in [-0.3, -0.25) is 0 Å². The van der Waals surface area contributed by atoms with Crippen LogP contribution in [0.1, 0.15) is 12.0 Å². The van der Waals surface area contributed by atoms with Crippen molar-refractivity contribution in [2.24, 2.45) is 0 Å². The molecular weight excluding hydrogens is 168 g/mol. The summed E-state index contributed by atoms with van der Waals surface area (Å²) in [5, 5.41) is 2.61. The summed E-state index contributed by atoms with van der Waals surface area (Å²) in [6, 6.07) is 15.0. The monoisotopic (exact) mass is 181 g/mol. The maximum atomic E-state index is 5.36. The van der Waals surface area contributed by atoms with Crippen LogP contribution in [-0.4, -0.2) is 0 Å². The van der Waals surface area contributed by atoms with E-state index in [-0.39, 0.29) is 0 Å². The highest BCUT2D eigenvalue weighted by atomic mass is 14.0. The minimum atomic E-state index is 0.943. The maximum absolute atomic E-state index is 5.36. The molecule has 2 aromatic carbocycles. The highest BCUT2D eigenvalue weighted by Gasteiger charge is 1.94. The zero-order valence-corrected chi connectivity index (χ0v) is 8.11. The lowest BCUT2D eigenvalue weighted by Gasteiger charge is -2.01. The van der Waals surface area contributed by atoms with E-state index in [1.807, 2.05) is 0 Å². The molecule has 2 aromatic rings. The summed E-state index contributed by atoms with van der Waals surface area (Å²) in [6.07, 6.45) is 3.69. The zero-order valence-electron chi connectivity index (χ0n) is 8.11. The molecule has 0 saturated carbocycles. The molecule has 0 aliphatic heterocycles. The van der Waals surface area contributed by atoms with Crippen LogP contribution in [0.15, 0.2) is 48.5 Å². The van der Waals surface area contributed by atoms with E-state index in [4.69, 9.17) is 6.58 Å². The second-order valence-corrected chi connectivity index (χ2v) is 3.46. The number of rotatable bonds is 3. The average Bonchev–Trinajstić information content (AvgIpc) is 2.26. The first-order valence-corrected chi connectivity index (χ1v) is 4.91. The predicted octanol–water partition coefficient (Wildman–Crippen LogP) is 3.76. The standard InChI is InChI=1S/C14H13/c1-2-3-6-12-9-10-13-7-4-5-8-14(13)11-12/h1-2,4-5,7-11H,3,6H2. The Bertz CT molecular complexity index is 440. The molecule has 0 aromatic heterocycles. The summed E-state index contributed by atoms with van der Waals surface area (Å²) in [5.41, 5.74) is 1.35. The molecule has 0 aliphatic carbocycles. The van der Waals surface area contributed by atoms with Crippen LogP contribution in [0.2, 0.25) is 0 Å². The van der Waals surface area contributed by atoms with Gasteiger partial charge < -0.3 is 0 Å². The topological polar surface area (TPSA) is 0 Å². The predicted molar refractivity (Wildman–Crippen MR) is 61.1 cm³/mol. The Morgan fingerprint density at radius 1 is 1.00 bits per heavy atom. The van der Waals surface area contributed by atoms with Crippen molar-refractivity contribution in [3.05, 3.63) is 60.7 Å². The van der Waals surface area contributed by atoms with Gasteiger partial charge in [0.1, 0.15) is 0 Å². The van der Waals surface area contributed by atoms with Crippen LogP contribution in [0.25, 0.3) is 10.8 Å². The van der Waals surface area contributed by atoms with Gasteiger partial charge in [0, 0.05) is 0 Å². The van der Waals surface area contributed by atoms with Crippen molar-refractivity contribution in [2.45, 2.75) is 12.8 Å². The number of aryl methyl sites for hydroxylation is 1. The Morgan fingerprint density at radius 3 is 2.57 bits per heavy atom. The normalized spacial score (nSPS) is 10.3. The minimum absolute atomic E-state index is 0.943. The molecule has 0 heteroatoms. The summed E-state index contributed by atoms with van der Waals surface area (Å²) in [5.74, 6) is 0. The molecule has 0 aliphatic rings. The summed E-state index contributed by atoms with van der Waals surface area (Å²) in [6.45, 7) is 5.36. The first-order valence-electron chi connectivity index (χ1n) is 4.91. The zero-order chi connectivity index (χ0) is 9.80. The molecule has 14 heavy (non-hydrogen) atoms.